The van der Waals surface area contributed by atoms with Crippen LogP contribution in [0, 0.1) is 0 Å². The molecule has 2 rings (SSSR count). The molecule has 0 amide bonds. The second-order valence-corrected chi connectivity index (χ2v) is 5.48. The maximum Gasteiger partial charge on any atom is 0.0595 e. The van der Waals surface area contributed by atoms with E-state index in [-0.39, 0.29) is 12.0 Å². The topological polar surface area (TPSA) is 32.3 Å². The van der Waals surface area contributed by atoms with Gasteiger partial charge in [0.05, 0.1) is 10.0 Å². The highest BCUT2D eigenvalue weighted by Crippen LogP contribution is 2.37. The summed E-state index contributed by atoms with van der Waals surface area (Å²) in [5, 5.41) is 13.9. The molecule has 0 saturated carbocycles. The van der Waals surface area contributed by atoms with Crippen LogP contribution in [0.25, 0.3) is 0 Å². The Morgan fingerprint density at radius 1 is 1.29 bits per heavy atom. The molecular formula is C13H17Cl2NO. The number of hydrogen-bond acceptors (Lipinski definition) is 2. The van der Waals surface area contributed by atoms with Crippen LogP contribution in [0.1, 0.15) is 24.8 Å². The predicted octanol–water partition coefficient (Wildman–Crippen LogP) is 3.00. The van der Waals surface area contributed by atoms with Crippen molar-refractivity contribution in [1.82, 2.24) is 5.32 Å². The third-order valence-electron chi connectivity index (χ3n) is 3.59. The lowest BCUT2D eigenvalue weighted by Crippen LogP contribution is -2.44. The van der Waals surface area contributed by atoms with E-state index in [9.17, 15) is 5.11 Å². The lowest BCUT2D eigenvalue weighted by Gasteiger charge is -2.38. The molecular weight excluding hydrogens is 257 g/mol. The second kappa shape index (κ2) is 5.57. The first kappa shape index (κ1) is 13.2. The molecule has 2 nitrogen and oxygen atoms in total. The van der Waals surface area contributed by atoms with Gasteiger partial charge in [0.25, 0.3) is 0 Å². The van der Waals surface area contributed by atoms with Crippen LogP contribution in [0.3, 0.4) is 0 Å². The van der Waals surface area contributed by atoms with E-state index < -0.39 is 0 Å². The Kier molecular flexibility index (Phi) is 4.31. The van der Waals surface area contributed by atoms with Crippen LogP contribution in [0.15, 0.2) is 18.2 Å². The molecule has 1 fully saturated rings. The van der Waals surface area contributed by atoms with Crippen molar-refractivity contribution >= 4 is 23.2 Å². The molecule has 0 bridgehead atoms. The molecule has 0 aliphatic carbocycles. The molecule has 1 aliphatic rings. The third kappa shape index (κ3) is 2.76. The van der Waals surface area contributed by atoms with Crippen molar-refractivity contribution in [3.05, 3.63) is 33.8 Å². The molecule has 0 aromatic heterocycles. The number of nitrogens with one attached hydrogen (secondary N) is 1. The Bertz CT molecular complexity index is 383. The van der Waals surface area contributed by atoms with Crippen molar-refractivity contribution < 1.29 is 5.11 Å². The van der Waals surface area contributed by atoms with Gasteiger partial charge in [0, 0.05) is 18.6 Å². The highest BCUT2D eigenvalue weighted by atomic mass is 35.5. The smallest absolute Gasteiger partial charge is 0.0595 e. The summed E-state index contributed by atoms with van der Waals surface area (Å²) >= 11 is 12.0. The van der Waals surface area contributed by atoms with Crippen LogP contribution < -0.4 is 5.32 Å². The van der Waals surface area contributed by atoms with E-state index in [2.05, 4.69) is 5.32 Å². The van der Waals surface area contributed by atoms with Gasteiger partial charge in [0.2, 0.25) is 0 Å². The van der Waals surface area contributed by atoms with E-state index in [4.69, 9.17) is 23.2 Å². The zero-order chi connectivity index (χ0) is 12.3. The van der Waals surface area contributed by atoms with Crippen LogP contribution in [0.2, 0.25) is 10.0 Å². The van der Waals surface area contributed by atoms with Gasteiger partial charge in [-0.15, -0.1) is 0 Å². The van der Waals surface area contributed by atoms with Crippen LogP contribution in [0.5, 0.6) is 0 Å². The number of benzene rings is 1. The summed E-state index contributed by atoms with van der Waals surface area (Å²) in [7, 11) is 0. The fraction of sp³-hybridized carbons (Fsp3) is 0.538. The fourth-order valence-corrected chi connectivity index (χ4v) is 2.91. The molecule has 17 heavy (non-hydrogen) atoms. The molecule has 1 aromatic carbocycles. The number of rotatable bonds is 3. The number of aliphatic hydroxyl groups is 1. The summed E-state index contributed by atoms with van der Waals surface area (Å²) in [5.41, 5.74) is 1.18. The molecule has 1 unspecified atom stereocenters. The van der Waals surface area contributed by atoms with Gasteiger partial charge in [-0.1, -0.05) is 29.3 Å². The molecule has 94 valence electrons. The predicted molar refractivity (Wildman–Crippen MR) is 71.9 cm³/mol. The Morgan fingerprint density at radius 3 is 2.71 bits per heavy atom. The maximum atomic E-state index is 9.28. The van der Waals surface area contributed by atoms with Crippen LogP contribution in [0.4, 0.5) is 0 Å². The Balaban J connectivity index is 2.34. The van der Waals surface area contributed by atoms with Crippen molar-refractivity contribution in [3.63, 3.8) is 0 Å². The number of halogens is 2. The molecule has 0 spiro atoms. The molecule has 1 aromatic rings. The summed E-state index contributed by atoms with van der Waals surface area (Å²) in [6.07, 6.45) is 2.97. The average Bonchev–Trinajstić information content (AvgIpc) is 2.34. The van der Waals surface area contributed by atoms with Crippen LogP contribution in [-0.2, 0) is 5.41 Å². The van der Waals surface area contributed by atoms with E-state index in [1.807, 2.05) is 18.2 Å². The van der Waals surface area contributed by atoms with Gasteiger partial charge < -0.3 is 10.4 Å². The van der Waals surface area contributed by atoms with E-state index in [0.717, 1.165) is 32.4 Å². The van der Waals surface area contributed by atoms with Crippen molar-refractivity contribution in [2.75, 3.05) is 19.7 Å². The second-order valence-electron chi connectivity index (χ2n) is 4.66. The highest BCUT2D eigenvalue weighted by Gasteiger charge is 2.33. The van der Waals surface area contributed by atoms with Gasteiger partial charge >= 0.3 is 0 Å². The zero-order valence-electron chi connectivity index (χ0n) is 9.68. The summed E-state index contributed by atoms with van der Waals surface area (Å²) < 4.78 is 0. The number of piperidine rings is 1. The minimum atomic E-state index is 0.00122. The lowest BCUT2D eigenvalue weighted by atomic mass is 9.72. The summed E-state index contributed by atoms with van der Waals surface area (Å²) in [4.78, 5) is 0. The standard InChI is InChI=1S/C13H17Cl2NO/c14-11-3-2-10(8-12(11)15)13(5-7-17)4-1-6-16-9-13/h2-3,8,16-17H,1,4-7,9H2. The minimum absolute atomic E-state index is 0.00122. The van der Waals surface area contributed by atoms with Gasteiger partial charge in [-0.25, -0.2) is 0 Å². The molecule has 1 saturated heterocycles. The molecule has 0 radical (unpaired) electrons. The zero-order valence-corrected chi connectivity index (χ0v) is 11.2. The third-order valence-corrected chi connectivity index (χ3v) is 4.33. The van der Waals surface area contributed by atoms with E-state index in [1.54, 1.807) is 0 Å². The van der Waals surface area contributed by atoms with Gasteiger partial charge in [-0.05, 0) is 43.5 Å². The first-order valence-electron chi connectivity index (χ1n) is 5.95. The van der Waals surface area contributed by atoms with Gasteiger partial charge in [-0.3, -0.25) is 0 Å². The molecule has 1 aliphatic heterocycles. The van der Waals surface area contributed by atoms with Crippen molar-refractivity contribution in [1.29, 1.82) is 0 Å². The monoisotopic (exact) mass is 273 g/mol. The van der Waals surface area contributed by atoms with E-state index >= 15 is 0 Å². The Labute approximate surface area is 112 Å². The van der Waals surface area contributed by atoms with E-state index in [1.165, 1.54) is 5.56 Å². The summed E-state index contributed by atoms with van der Waals surface area (Å²) in [6.45, 7) is 2.14. The highest BCUT2D eigenvalue weighted by molar-refractivity contribution is 6.42. The first-order valence-corrected chi connectivity index (χ1v) is 6.71. The normalized spacial score (nSPS) is 24.9. The summed E-state index contributed by atoms with van der Waals surface area (Å²) in [6, 6.07) is 5.80. The Morgan fingerprint density at radius 2 is 2.12 bits per heavy atom. The number of hydrogen-bond donors (Lipinski definition) is 2. The van der Waals surface area contributed by atoms with Crippen molar-refractivity contribution in [2.24, 2.45) is 0 Å². The summed E-state index contributed by atoms with van der Waals surface area (Å²) in [5.74, 6) is 0. The quantitative estimate of drug-likeness (QED) is 0.888. The van der Waals surface area contributed by atoms with Gasteiger partial charge in [-0.2, -0.15) is 0 Å². The fourth-order valence-electron chi connectivity index (χ4n) is 2.61. The molecule has 1 heterocycles. The van der Waals surface area contributed by atoms with Crippen LogP contribution in [-0.4, -0.2) is 24.8 Å². The molecule has 4 heteroatoms. The van der Waals surface area contributed by atoms with Gasteiger partial charge in [0.15, 0.2) is 0 Å². The van der Waals surface area contributed by atoms with Crippen LogP contribution >= 0.6 is 23.2 Å². The minimum Gasteiger partial charge on any atom is -0.396 e. The van der Waals surface area contributed by atoms with Gasteiger partial charge in [0.1, 0.15) is 0 Å². The molecule has 1 atom stereocenters. The Hall–Kier alpha value is -0.280. The molecule has 2 N–H and O–H groups in total. The largest absolute Gasteiger partial charge is 0.396 e. The first-order chi connectivity index (χ1) is 8.18. The van der Waals surface area contributed by atoms with Crippen molar-refractivity contribution in [2.45, 2.75) is 24.7 Å². The lowest BCUT2D eigenvalue weighted by molar-refractivity contribution is 0.207. The van der Waals surface area contributed by atoms with E-state index in [0.29, 0.717) is 10.0 Å². The number of aliphatic hydroxyl groups excluding tert-OH is 1. The maximum absolute atomic E-state index is 9.28. The van der Waals surface area contributed by atoms with Crippen molar-refractivity contribution in [3.8, 4) is 0 Å². The average molecular weight is 274 g/mol. The SMILES string of the molecule is OCCC1(c2ccc(Cl)c(Cl)c2)CCCNC1.